The highest BCUT2D eigenvalue weighted by molar-refractivity contribution is 6.35. The number of aldehydes is 1. The molecule has 0 saturated carbocycles. The number of amides is 1. The molecule has 0 spiro atoms. The monoisotopic (exact) mass is 360 g/mol. The second-order valence-corrected chi connectivity index (χ2v) is 6.30. The minimum atomic E-state index is -0.227. The normalized spacial score (nSPS) is 10.8. The number of nitrogens with one attached hydrogen (secondary N) is 1. The minimum Gasteiger partial charge on any atom is -0.335 e. The highest BCUT2D eigenvalue weighted by atomic mass is 35.5. The van der Waals surface area contributed by atoms with E-state index in [1.165, 1.54) is 0 Å². The van der Waals surface area contributed by atoms with Crippen LogP contribution in [0.2, 0.25) is 10.0 Å². The molecule has 0 unspecified atom stereocenters. The van der Waals surface area contributed by atoms with Crippen molar-refractivity contribution in [3.8, 4) is 0 Å². The van der Waals surface area contributed by atoms with Crippen molar-refractivity contribution in [1.29, 1.82) is 0 Å². The van der Waals surface area contributed by atoms with E-state index < -0.39 is 0 Å². The number of halogens is 2. The number of carbonyl (C=O) groups is 2. The Morgan fingerprint density at radius 2 is 1.83 bits per heavy atom. The van der Waals surface area contributed by atoms with Crippen molar-refractivity contribution in [3.63, 3.8) is 0 Å². The maximum atomic E-state index is 12.4. The van der Waals surface area contributed by atoms with E-state index in [1.807, 2.05) is 35.8 Å². The summed E-state index contributed by atoms with van der Waals surface area (Å²) >= 11 is 11.9. The summed E-state index contributed by atoms with van der Waals surface area (Å²) in [5, 5.41) is 4.51. The Bertz CT molecular complexity index is 927. The first-order chi connectivity index (χ1) is 11.5. The van der Waals surface area contributed by atoms with Gasteiger partial charge in [-0.1, -0.05) is 41.4 Å². The molecule has 3 aromatic rings. The lowest BCUT2D eigenvalue weighted by Gasteiger charge is -2.10. The van der Waals surface area contributed by atoms with Gasteiger partial charge in [-0.25, -0.2) is 0 Å². The van der Waals surface area contributed by atoms with E-state index in [0.717, 1.165) is 22.9 Å². The Kier molecular flexibility index (Phi) is 4.60. The number of para-hydroxylation sites is 1. The molecule has 0 radical (unpaired) electrons. The van der Waals surface area contributed by atoms with Crippen molar-refractivity contribution < 1.29 is 9.59 Å². The number of aromatic nitrogens is 1. The molecule has 1 aromatic heterocycles. The Hall–Kier alpha value is -2.30. The number of hydrogen-bond donors (Lipinski definition) is 1. The van der Waals surface area contributed by atoms with Gasteiger partial charge in [0, 0.05) is 37.9 Å². The van der Waals surface area contributed by atoms with Crippen molar-refractivity contribution in [1.82, 2.24) is 4.57 Å². The molecule has 0 saturated heterocycles. The largest absolute Gasteiger partial charge is 0.335 e. The quantitative estimate of drug-likeness (QED) is 0.685. The molecule has 4 nitrogen and oxygen atoms in total. The molecule has 0 fully saturated rings. The van der Waals surface area contributed by atoms with Gasteiger partial charge in [0.05, 0.1) is 0 Å². The SMILES string of the molecule is Cc1c(C=O)c2ccccc2n1CC(=O)Nc1cc(Cl)cc(Cl)c1. The van der Waals surface area contributed by atoms with Crippen molar-refractivity contribution in [2.45, 2.75) is 13.5 Å². The zero-order chi connectivity index (χ0) is 17.3. The number of fused-ring (bicyclic) bond motifs is 1. The van der Waals surface area contributed by atoms with Crippen LogP contribution in [0.4, 0.5) is 5.69 Å². The summed E-state index contributed by atoms with van der Waals surface area (Å²) in [5.41, 5.74) is 2.73. The van der Waals surface area contributed by atoms with Gasteiger partial charge >= 0.3 is 0 Å². The van der Waals surface area contributed by atoms with Gasteiger partial charge in [0.2, 0.25) is 5.91 Å². The number of rotatable bonds is 4. The van der Waals surface area contributed by atoms with Crippen LogP contribution in [-0.2, 0) is 11.3 Å². The van der Waals surface area contributed by atoms with Crippen LogP contribution in [0.3, 0.4) is 0 Å². The van der Waals surface area contributed by atoms with E-state index >= 15 is 0 Å². The van der Waals surface area contributed by atoms with Crippen LogP contribution in [0.5, 0.6) is 0 Å². The third kappa shape index (κ3) is 3.16. The van der Waals surface area contributed by atoms with E-state index in [2.05, 4.69) is 5.32 Å². The molecule has 1 heterocycles. The zero-order valence-corrected chi connectivity index (χ0v) is 14.4. The summed E-state index contributed by atoms with van der Waals surface area (Å²) in [4.78, 5) is 23.8. The van der Waals surface area contributed by atoms with Crippen molar-refractivity contribution >= 4 is 52.0 Å². The molecule has 122 valence electrons. The molecule has 6 heteroatoms. The van der Waals surface area contributed by atoms with Gasteiger partial charge in [-0.15, -0.1) is 0 Å². The topological polar surface area (TPSA) is 51.1 Å². The van der Waals surface area contributed by atoms with Crippen LogP contribution in [0, 0.1) is 6.92 Å². The number of carbonyl (C=O) groups excluding carboxylic acids is 2. The minimum absolute atomic E-state index is 0.0876. The van der Waals surface area contributed by atoms with Crippen LogP contribution in [0.1, 0.15) is 16.1 Å². The van der Waals surface area contributed by atoms with Crippen LogP contribution in [-0.4, -0.2) is 16.8 Å². The van der Waals surface area contributed by atoms with Crippen molar-refractivity contribution in [3.05, 3.63) is 63.8 Å². The lowest BCUT2D eigenvalue weighted by molar-refractivity contribution is -0.116. The van der Waals surface area contributed by atoms with Crippen molar-refractivity contribution in [2.24, 2.45) is 0 Å². The summed E-state index contributed by atoms with van der Waals surface area (Å²) in [5.74, 6) is -0.227. The molecule has 3 rings (SSSR count). The maximum absolute atomic E-state index is 12.4. The fourth-order valence-electron chi connectivity index (χ4n) is 2.78. The fraction of sp³-hybridized carbons (Fsp3) is 0.111. The van der Waals surface area contributed by atoms with E-state index in [1.54, 1.807) is 18.2 Å². The second kappa shape index (κ2) is 6.67. The fourth-order valence-corrected chi connectivity index (χ4v) is 3.31. The molecular weight excluding hydrogens is 347 g/mol. The zero-order valence-electron chi connectivity index (χ0n) is 12.8. The third-order valence-corrected chi connectivity index (χ3v) is 4.28. The van der Waals surface area contributed by atoms with Crippen LogP contribution in [0.25, 0.3) is 10.9 Å². The van der Waals surface area contributed by atoms with Gasteiger partial charge in [0.25, 0.3) is 0 Å². The Balaban J connectivity index is 1.91. The predicted octanol–water partition coefficient (Wildman–Crippen LogP) is 4.71. The average molecular weight is 361 g/mol. The van der Waals surface area contributed by atoms with Gasteiger partial charge in [0.15, 0.2) is 6.29 Å². The summed E-state index contributed by atoms with van der Waals surface area (Å²) < 4.78 is 1.82. The predicted molar refractivity (Wildman–Crippen MR) is 97.2 cm³/mol. The summed E-state index contributed by atoms with van der Waals surface area (Å²) in [6.45, 7) is 1.91. The Labute approximate surface area is 149 Å². The summed E-state index contributed by atoms with van der Waals surface area (Å²) in [6.07, 6.45) is 0.822. The van der Waals surface area contributed by atoms with Gasteiger partial charge in [-0.05, 0) is 31.2 Å². The van der Waals surface area contributed by atoms with Crippen molar-refractivity contribution in [2.75, 3.05) is 5.32 Å². The van der Waals surface area contributed by atoms with E-state index in [0.29, 0.717) is 21.3 Å². The van der Waals surface area contributed by atoms with Crippen LogP contribution in [0.15, 0.2) is 42.5 Å². The third-order valence-electron chi connectivity index (χ3n) is 3.85. The van der Waals surface area contributed by atoms with E-state index in [-0.39, 0.29) is 12.5 Å². The molecule has 24 heavy (non-hydrogen) atoms. The number of nitrogens with zero attached hydrogens (tertiary/aromatic N) is 1. The van der Waals surface area contributed by atoms with Gasteiger partial charge in [-0.3, -0.25) is 9.59 Å². The highest BCUT2D eigenvalue weighted by Gasteiger charge is 2.15. The molecule has 0 aliphatic rings. The maximum Gasteiger partial charge on any atom is 0.244 e. The lowest BCUT2D eigenvalue weighted by atomic mass is 10.1. The van der Waals surface area contributed by atoms with Gasteiger partial charge < -0.3 is 9.88 Å². The first kappa shape index (κ1) is 16.6. The second-order valence-electron chi connectivity index (χ2n) is 5.43. The average Bonchev–Trinajstić information content (AvgIpc) is 2.78. The molecule has 0 bridgehead atoms. The van der Waals surface area contributed by atoms with Gasteiger partial charge in [-0.2, -0.15) is 0 Å². The Morgan fingerprint density at radius 1 is 1.17 bits per heavy atom. The Morgan fingerprint density at radius 3 is 2.50 bits per heavy atom. The molecule has 0 aliphatic heterocycles. The molecule has 1 N–H and O–H groups in total. The molecule has 1 amide bonds. The summed E-state index contributed by atoms with van der Waals surface area (Å²) in [6, 6.07) is 12.4. The first-order valence-electron chi connectivity index (χ1n) is 7.28. The van der Waals surface area contributed by atoms with Gasteiger partial charge in [0.1, 0.15) is 6.54 Å². The molecule has 2 aromatic carbocycles. The standard InChI is InChI=1S/C18H14Cl2N2O2/c1-11-16(10-23)15-4-2-3-5-17(15)22(11)9-18(24)21-14-7-12(19)6-13(20)8-14/h2-8,10H,9H2,1H3,(H,21,24). The van der Waals surface area contributed by atoms with E-state index in [9.17, 15) is 9.59 Å². The smallest absolute Gasteiger partial charge is 0.244 e. The lowest BCUT2D eigenvalue weighted by Crippen LogP contribution is -2.19. The number of hydrogen-bond acceptors (Lipinski definition) is 2. The first-order valence-corrected chi connectivity index (χ1v) is 8.04. The molecular formula is C18H14Cl2N2O2. The summed E-state index contributed by atoms with van der Waals surface area (Å²) in [7, 11) is 0. The molecule has 0 atom stereocenters. The van der Waals surface area contributed by atoms with Crippen LogP contribution < -0.4 is 5.32 Å². The van der Waals surface area contributed by atoms with Crippen LogP contribution >= 0.6 is 23.2 Å². The number of anilines is 1. The number of benzene rings is 2. The molecule has 0 aliphatic carbocycles. The van der Waals surface area contributed by atoms with E-state index in [4.69, 9.17) is 23.2 Å². The highest BCUT2D eigenvalue weighted by Crippen LogP contribution is 2.25.